The summed E-state index contributed by atoms with van der Waals surface area (Å²) in [7, 11) is 0. The average Bonchev–Trinajstić information content (AvgIpc) is 3.09. The van der Waals surface area contributed by atoms with Gasteiger partial charge >= 0.3 is 0 Å². The van der Waals surface area contributed by atoms with Crippen LogP contribution in [-0.2, 0) is 6.42 Å². The van der Waals surface area contributed by atoms with E-state index < -0.39 is 0 Å². The number of rotatable bonds is 6. The van der Waals surface area contributed by atoms with Crippen LogP contribution in [0.1, 0.15) is 28.8 Å². The van der Waals surface area contributed by atoms with Crippen LogP contribution in [0.4, 0.5) is 0 Å². The van der Waals surface area contributed by atoms with Crippen molar-refractivity contribution in [1.82, 2.24) is 10.3 Å². The number of nitrogens with one attached hydrogen (secondary N) is 1. The normalized spacial score (nSPS) is 22.0. The highest BCUT2D eigenvalue weighted by Gasteiger charge is 2.48. The third kappa shape index (κ3) is 3.57. The third-order valence-corrected chi connectivity index (χ3v) is 5.49. The Morgan fingerprint density at radius 2 is 2.16 bits per heavy atom. The van der Waals surface area contributed by atoms with Crippen molar-refractivity contribution in [3.8, 4) is 0 Å². The van der Waals surface area contributed by atoms with E-state index in [1.165, 1.54) is 16.9 Å². The van der Waals surface area contributed by atoms with Crippen molar-refractivity contribution < 1.29 is 4.79 Å². The number of hydrogen-bond acceptors (Lipinski definition) is 6. The molecule has 1 unspecified atom stereocenters. The number of thiophene rings is 1. The number of carbonyl (C=O) groups excluding carboxylic acids is 1. The molecule has 0 saturated heterocycles. The molecule has 1 aliphatic heterocycles. The number of hydrogen-bond donors (Lipinski definition) is 2. The van der Waals surface area contributed by atoms with Crippen LogP contribution >= 0.6 is 11.3 Å². The van der Waals surface area contributed by atoms with Crippen LogP contribution in [0.3, 0.4) is 0 Å². The second-order valence-electron chi connectivity index (χ2n) is 6.74. The molecule has 6 nitrogen and oxygen atoms in total. The Bertz CT molecular complexity index is 757. The monoisotopic (exact) mass is 355 g/mol. The average molecular weight is 355 g/mol. The molecule has 2 aliphatic rings. The fourth-order valence-corrected chi connectivity index (χ4v) is 3.68. The van der Waals surface area contributed by atoms with Gasteiger partial charge in [0.15, 0.2) is 0 Å². The fraction of sp³-hybridized carbons (Fsp3) is 0.389. The van der Waals surface area contributed by atoms with E-state index in [9.17, 15) is 4.79 Å². The van der Waals surface area contributed by atoms with Crippen molar-refractivity contribution in [2.45, 2.75) is 37.0 Å². The zero-order valence-corrected chi connectivity index (χ0v) is 14.7. The van der Waals surface area contributed by atoms with Crippen molar-refractivity contribution >= 4 is 17.2 Å². The maximum Gasteiger partial charge on any atom is 0.252 e. The van der Waals surface area contributed by atoms with Crippen molar-refractivity contribution in [3.05, 3.63) is 58.3 Å². The van der Waals surface area contributed by atoms with Crippen molar-refractivity contribution in [2.75, 3.05) is 6.54 Å². The lowest BCUT2D eigenvalue weighted by atomic mass is 9.99. The summed E-state index contributed by atoms with van der Waals surface area (Å²) < 4.78 is 0. The van der Waals surface area contributed by atoms with E-state index in [4.69, 9.17) is 5.73 Å². The molecule has 25 heavy (non-hydrogen) atoms. The summed E-state index contributed by atoms with van der Waals surface area (Å²) in [5, 5.41) is 17.5. The smallest absolute Gasteiger partial charge is 0.252 e. The molecule has 3 N–H and O–H groups in total. The van der Waals surface area contributed by atoms with E-state index in [2.05, 4.69) is 27.8 Å². The highest BCUT2D eigenvalue weighted by molar-refractivity contribution is 7.08. The molecule has 1 amide bonds. The van der Waals surface area contributed by atoms with E-state index in [1.807, 2.05) is 40.0 Å². The second kappa shape index (κ2) is 6.57. The highest BCUT2D eigenvalue weighted by atomic mass is 32.1. The molecule has 1 aliphatic carbocycles. The first-order valence-corrected chi connectivity index (χ1v) is 9.43. The number of carbonyl (C=O) groups is 1. The van der Waals surface area contributed by atoms with E-state index in [-0.39, 0.29) is 23.7 Å². The molecule has 1 fully saturated rings. The van der Waals surface area contributed by atoms with Gasteiger partial charge < -0.3 is 11.1 Å². The minimum absolute atomic E-state index is 0.0651. The van der Waals surface area contributed by atoms with Crippen LogP contribution in [0.15, 0.2) is 57.5 Å². The van der Waals surface area contributed by atoms with Crippen molar-refractivity contribution in [1.29, 1.82) is 0 Å². The molecular formula is C18H21N5OS. The molecule has 4 rings (SSSR count). The van der Waals surface area contributed by atoms with Gasteiger partial charge in [0, 0.05) is 10.9 Å². The summed E-state index contributed by atoms with van der Waals surface area (Å²) in [6.07, 6.45) is 2.61. The van der Waals surface area contributed by atoms with Gasteiger partial charge in [0.2, 0.25) is 0 Å². The number of benzene rings is 1. The van der Waals surface area contributed by atoms with Crippen LogP contribution in [0.2, 0.25) is 0 Å². The Labute approximate surface area is 150 Å². The van der Waals surface area contributed by atoms with Crippen LogP contribution in [0, 0.1) is 0 Å². The van der Waals surface area contributed by atoms with Crippen LogP contribution in [0.25, 0.3) is 0 Å². The third-order valence-electron chi connectivity index (χ3n) is 4.81. The molecule has 0 radical (unpaired) electrons. The SMILES string of the molecule is NC1(N2CC([C@H](Cc3ccccc3)NC(=O)c3ccsc3)N=N2)CC1. The van der Waals surface area contributed by atoms with Gasteiger partial charge in [-0.3, -0.25) is 9.80 Å². The molecule has 1 aromatic heterocycles. The standard InChI is InChI=1S/C18H21N5OS/c19-18(7-8-18)23-11-16(21-22-23)15(10-13-4-2-1-3-5-13)20-17(24)14-6-9-25-12-14/h1-6,9,12,15-16H,7-8,10-11,19H2,(H,20,24)/t15-,16?/m0/s1. The van der Waals surface area contributed by atoms with E-state index >= 15 is 0 Å². The van der Waals surface area contributed by atoms with Gasteiger partial charge in [-0.15, -0.1) is 0 Å². The number of amides is 1. The van der Waals surface area contributed by atoms with Gasteiger partial charge in [-0.25, -0.2) is 0 Å². The molecule has 1 aromatic carbocycles. The van der Waals surface area contributed by atoms with E-state index in [1.54, 1.807) is 0 Å². The molecule has 2 atom stereocenters. The van der Waals surface area contributed by atoms with Crippen LogP contribution in [0.5, 0.6) is 0 Å². The lowest BCUT2D eigenvalue weighted by molar-refractivity contribution is 0.0929. The summed E-state index contributed by atoms with van der Waals surface area (Å²) in [6, 6.07) is 11.8. The maximum absolute atomic E-state index is 12.5. The van der Waals surface area contributed by atoms with Crippen LogP contribution < -0.4 is 11.1 Å². The lowest BCUT2D eigenvalue weighted by Gasteiger charge is -2.25. The Morgan fingerprint density at radius 3 is 2.84 bits per heavy atom. The molecule has 1 saturated carbocycles. The first-order valence-electron chi connectivity index (χ1n) is 8.48. The quantitative estimate of drug-likeness (QED) is 0.835. The largest absolute Gasteiger partial charge is 0.347 e. The zero-order chi connectivity index (χ0) is 17.3. The van der Waals surface area contributed by atoms with E-state index in [0.717, 1.165) is 12.8 Å². The van der Waals surface area contributed by atoms with Crippen molar-refractivity contribution in [3.63, 3.8) is 0 Å². The Morgan fingerprint density at radius 1 is 1.36 bits per heavy atom. The fourth-order valence-electron chi connectivity index (χ4n) is 3.04. The summed E-state index contributed by atoms with van der Waals surface area (Å²) in [6.45, 7) is 0.651. The molecule has 0 spiro atoms. The van der Waals surface area contributed by atoms with Gasteiger partial charge in [0.25, 0.3) is 5.91 Å². The van der Waals surface area contributed by atoms with E-state index in [0.29, 0.717) is 18.5 Å². The zero-order valence-electron chi connectivity index (χ0n) is 13.8. The summed E-state index contributed by atoms with van der Waals surface area (Å²) in [5.74, 6) is -0.0651. The lowest BCUT2D eigenvalue weighted by Crippen LogP contribution is -2.48. The van der Waals surface area contributed by atoms with Gasteiger partial charge in [-0.1, -0.05) is 35.6 Å². The van der Waals surface area contributed by atoms with Crippen molar-refractivity contribution in [2.24, 2.45) is 16.1 Å². The summed E-state index contributed by atoms with van der Waals surface area (Å²) in [4.78, 5) is 12.5. The highest BCUT2D eigenvalue weighted by Crippen LogP contribution is 2.38. The Kier molecular flexibility index (Phi) is 4.27. The summed E-state index contributed by atoms with van der Waals surface area (Å²) in [5.41, 5.74) is 7.76. The van der Waals surface area contributed by atoms with Gasteiger partial charge in [-0.05, 0) is 36.3 Å². The van der Waals surface area contributed by atoms with Gasteiger partial charge in [0.1, 0.15) is 11.7 Å². The molecule has 2 heterocycles. The number of nitrogens with zero attached hydrogens (tertiary/aromatic N) is 3. The minimum Gasteiger partial charge on any atom is -0.347 e. The molecule has 2 aromatic rings. The molecule has 0 bridgehead atoms. The predicted molar refractivity (Wildman–Crippen MR) is 97.2 cm³/mol. The molecule has 130 valence electrons. The van der Waals surface area contributed by atoms with Crippen LogP contribution in [-0.4, -0.2) is 35.2 Å². The molecule has 7 heteroatoms. The molecular weight excluding hydrogens is 334 g/mol. The maximum atomic E-state index is 12.5. The van der Waals surface area contributed by atoms with Gasteiger partial charge in [-0.2, -0.15) is 16.5 Å². The topological polar surface area (TPSA) is 83.1 Å². The van der Waals surface area contributed by atoms with Gasteiger partial charge in [0.05, 0.1) is 12.6 Å². The first-order chi connectivity index (χ1) is 12.1. The Hall–Kier alpha value is -2.25. The number of nitrogens with two attached hydrogens (primary N) is 1. The second-order valence-corrected chi connectivity index (χ2v) is 7.52. The summed E-state index contributed by atoms with van der Waals surface area (Å²) >= 11 is 1.52. The Balaban J connectivity index is 1.49. The predicted octanol–water partition coefficient (Wildman–Crippen LogP) is 2.59. The first kappa shape index (κ1) is 16.2. The minimum atomic E-state index is -0.326.